The molecule has 6 heteroatoms. The van der Waals surface area contributed by atoms with Crippen LogP contribution in [-0.4, -0.2) is 23.9 Å². The minimum absolute atomic E-state index is 0.299. The number of carbonyl (C=O) groups excluding carboxylic acids is 2. The lowest BCUT2D eigenvalue weighted by molar-refractivity contribution is -0.142. The molecular weight excluding hydrogens is 335 g/mol. The van der Waals surface area contributed by atoms with Crippen LogP contribution in [0.4, 0.5) is 0 Å². The molecule has 0 atom stereocenters. The topological polar surface area (TPSA) is 58.2 Å². The van der Waals surface area contributed by atoms with Crippen LogP contribution in [0.25, 0.3) is 0 Å². The van der Waals surface area contributed by atoms with Gasteiger partial charge in [0.2, 0.25) is 11.8 Å². The zero-order chi connectivity index (χ0) is 17.8. The summed E-state index contributed by atoms with van der Waals surface area (Å²) >= 11 is 11.9. The van der Waals surface area contributed by atoms with Crippen LogP contribution in [0, 0.1) is 5.41 Å². The van der Waals surface area contributed by atoms with E-state index >= 15 is 0 Å². The molecule has 0 aliphatic carbocycles. The summed E-state index contributed by atoms with van der Waals surface area (Å²) in [5.41, 5.74) is -0.629. The minimum Gasteiger partial charge on any atom is -0.355 e. The van der Waals surface area contributed by atoms with Gasteiger partial charge in [-0.05, 0) is 58.7 Å². The second-order valence-electron chi connectivity index (χ2n) is 7.07. The molecule has 0 bridgehead atoms. The number of amides is 2. The normalized spacial score (nSPS) is 12.0. The Bertz CT molecular complexity index is 593. The average Bonchev–Trinajstić information content (AvgIpc) is 2.39. The highest BCUT2D eigenvalue weighted by molar-refractivity contribution is 6.35. The number of halogens is 2. The average molecular weight is 359 g/mol. The minimum atomic E-state index is -1.14. The van der Waals surface area contributed by atoms with Crippen molar-refractivity contribution in [1.29, 1.82) is 0 Å². The predicted molar refractivity (Wildman–Crippen MR) is 94.9 cm³/mol. The summed E-state index contributed by atoms with van der Waals surface area (Å²) in [7, 11) is 0. The van der Waals surface area contributed by atoms with E-state index in [0.29, 0.717) is 23.0 Å². The van der Waals surface area contributed by atoms with Crippen LogP contribution < -0.4 is 10.6 Å². The molecule has 0 aliphatic rings. The first-order valence-corrected chi connectivity index (χ1v) is 8.24. The Morgan fingerprint density at radius 1 is 1.04 bits per heavy atom. The molecular formula is C17H24Cl2N2O2. The van der Waals surface area contributed by atoms with Gasteiger partial charge in [-0.2, -0.15) is 0 Å². The second kappa shape index (κ2) is 7.54. The molecule has 0 aromatic heterocycles. The Morgan fingerprint density at radius 3 is 2.17 bits per heavy atom. The smallest absolute Gasteiger partial charge is 0.235 e. The maximum atomic E-state index is 12.3. The molecule has 0 saturated heterocycles. The summed E-state index contributed by atoms with van der Waals surface area (Å²) in [6.45, 7) is 9.24. The molecule has 0 unspecified atom stereocenters. The molecule has 23 heavy (non-hydrogen) atoms. The van der Waals surface area contributed by atoms with E-state index in [1.165, 1.54) is 0 Å². The fourth-order valence-electron chi connectivity index (χ4n) is 1.86. The number of rotatable bonds is 5. The lowest BCUT2D eigenvalue weighted by Crippen LogP contribution is -2.53. The first-order valence-electron chi connectivity index (χ1n) is 7.48. The van der Waals surface area contributed by atoms with Crippen molar-refractivity contribution in [1.82, 2.24) is 10.6 Å². The van der Waals surface area contributed by atoms with Gasteiger partial charge in [0.25, 0.3) is 0 Å². The number of nitrogens with one attached hydrogen (secondary N) is 2. The van der Waals surface area contributed by atoms with Gasteiger partial charge >= 0.3 is 0 Å². The van der Waals surface area contributed by atoms with Gasteiger partial charge in [-0.15, -0.1) is 0 Å². The van der Waals surface area contributed by atoms with Gasteiger partial charge in [0, 0.05) is 22.1 Å². The summed E-state index contributed by atoms with van der Waals surface area (Å²) in [6, 6.07) is 5.25. The Labute approximate surface area is 147 Å². The van der Waals surface area contributed by atoms with Crippen molar-refractivity contribution in [2.45, 2.75) is 46.6 Å². The van der Waals surface area contributed by atoms with Crippen molar-refractivity contribution in [2.75, 3.05) is 6.54 Å². The third-order valence-corrected chi connectivity index (χ3v) is 3.91. The molecule has 2 amide bonds. The molecule has 4 nitrogen and oxygen atoms in total. The van der Waals surface area contributed by atoms with E-state index in [-0.39, 0.29) is 17.4 Å². The van der Waals surface area contributed by atoms with Crippen LogP contribution in [0.5, 0.6) is 0 Å². The Hall–Kier alpha value is -1.26. The Morgan fingerprint density at radius 2 is 1.65 bits per heavy atom. The van der Waals surface area contributed by atoms with Gasteiger partial charge in [-0.3, -0.25) is 9.59 Å². The van der Waals surface area contributed by atoms with Gasteiger partial charge in [0.15, 0.2) is 0 Å². The zero-order valence-electron chi connectivity index (χ0n) is 14.2. The molecule has 0 saturated carbocycles. The van der Waals surface area contributed by atoms with Gasteiger partial charge in [-0.1, -0.05) is 29.3 Å². The number of benzene rings is 1. The van der Waals surface area contributed by atoms with Gasteiger partial charge in [-0.25, -0.2) is 0 Å². The van der Waals surface area contributed by atoms with Crippen molar-refractivity contribution < 1.29 is 9.59 Å². The summed E-state index contributed by atoms with van der Waals surface area (Å²) < 4.78 is 0. The van der Waals surface area contributed by atoms with Crippen molar-refractivity contribution >= 4 is 35.0 Å². The summed E-state index contributed by atoms with van der Waals surface area (Å²) in [5, 5.41) is 6.75. The number of hydrogen-bond acceptors (Lipinski definition) is 2. The van der Waals surface area contributed by atoms with Crippen LogP contribution in [-0.2, 0) is 16.0 Å². The highest BCUT2D eigenvalue weighted by Gasteiger charge is 2.37. The number of carbonyl (C=O) groups is 2. The van der Waals surface area contributed by atoms with E-state index in [1.807, 2.05) is 26.8 Å². The van der Waals surface area contributed by atoms with Gasteiger partial charge in [0.1, 0.15) is 5.41 Å². The third-order valence-electron chi connectivity index (χ3n) is 3.32. The van der Waals surface area contributed by atoms with Crippen LogP contribution >= 0.6 is 23.2 Å². The number of hydrogen-bond donors (Lipinski definition) is 2. The van der Waals surface area contributed by atoms with Crippen LogP contribution in [0.3, 0.4) is 0 Å². The van der Waals surface area contributed by atoms with Crippen LogP contribution in [0.1, 0.15) is 40.2 Å². The Kier molecular flexibility index (Phi) is 6.49. The fraction of sp³-hybridized carbons (Fsp3) is 0.529. The van der Waals surface area contributed by atoms with Crippen LogP contribution in [0.2, 0.25) is 10.0 Å². The largest absolute Gasteiger partial charge is 0.355 e. The third kappa shape index (κ3) is 6.04. The molecule has 1 rings (SSSR count). The van der Waals surface area contributed by atoms with E-state index in [0.717, 1.165) is 5.56 Å². The molecule has 0 aliphatic heterocycles. The molecule has 0 radical (unpaired) electrons. The fourth-order valence-corrected chi connectivity index (χ4v) is 2.36. The zero-order valence-corrected chi connectivity index (χ0v) is 15.7. The van der Waals surface area contributed by atoms with Crippen LogP contribution in [0.15, 0.2) is 18.2 Å². The van der Waals surface area contributed by atoms with Gasteiger partial charge < -0.3 is 10.6 Å². The summed E-state index contributed by atoms with van der Waals surface area (Å²) in [5.74, 6) is -0.614. The van der Waals surface area contributed by atoms with Gasteiger partial charge in [0.05, 0.1) is 0 Å². The summed E-state index contributed by atoms with van der Waals surface area (Å²) in [6.07, 6.45) is 0.568. The lowest BCUT2D eigenvalue weighted by atomic mass is 9.89. The van der Waals surface area contributed by atoms with Crippen molar-refractivity contribution in [3.8, 4) is 0 Å². The van der Waals surface area contributed by atoms with E-state index in [2.05, 4.69) is 10.6 Å². The second-order valence-corrected chi connectivity index (χ2v) is 7.91. The molecule has 0 heterocycles. The Balaban J connectivity index is 2.60. The monoisotopic (exact) mass is 358 g/mol. The first kappa shape index (κ1) is 19.8. The molecule has 0 fully saturated rings. The van der Waals surface area contributed by atoms with E-state index in [1.54, 1.807) is 26.0 Å². The highest BCUT2D eigenvalue weighted by Crippen LogP contribution is 2.21. The maximum Gasteiger partial charge on any atom is 0.235 e. The van der Waals surface area contributed by atoms with Crippen molar-refractivity contribution in [3.05, 3.63) is 33.8 Å². The highest BCUT2D eigenvalue weighted by atomic mass is 35.5. The van der Waals surface area contributed by atoms with E-state index in [9.17, 15) is 9.59 Å². The van der Waals surface area contributed by atoms with Crippen molar-refractivity contribution in [3.63, 3.8) is 0 Å². The quantitative estimate of drug-likeness (QED) is 0.790. The van der Waals surface area contributed by atoms with E-state index in [4.69, 9.17) is 23.2 Å². The standard InChI is InChI=1S/C17H24Cl2N2O2/c1-16(2,3)21-15(23)17(4,5)14(22)20-9-8-11-6-7-12(18)10-13(11)19/h6-7,10H,8-9H2,1-5H3,(H,20,22)(H,21,23). The molecule has 1 aromatic rings. The lowest BCUT2D eigenvalue weighted by Gasteiger charge is -2.28. The van der Waals surface area contributed by atoms with E-state index < -0.39 is 5.41 Å². The maximum absolute atomic E-state index is 12.3. The molecule has 1 aromatic carbocycles. The molecule has 2 N–H and O–H groups in total. The summed E-state index contributed by atoms with van der Waals surface area (Å²) in [4.78, 5) is 24.5. The van der Waals surface area contributed by atoms with Crippen molar-refractivity contribution in [2.24, 2.45) is 5.41 Å². The molecule has 128 valence electrons. The molecule has 0 spiro atoms. The first-order chi connectivity index (χ1) is 10.4. The SMILES string of the molecule is CC(C)(C)NC(=O)C(C)(C)C(=O)NCCc1ccc(Cl)cc1Cl. The predicted octanol–water partition coefficient (Wildman–Crippen LogP) is 3.59.